The summed E-state index contributed by atoms with van der Waals surface area (Å²) >= 11 is 12.7. The lowest BCUT2D eigenvalue weighted by Gasteiger charge is -2.06. The molecular weight excluding hydrogens is 528 g/mol. The van der Waals surface area contributed by atoms with Crippen LogP contribution in [0.5, 0.6) is 0 Å². The molecule has 0 aliphatic rings. The fourth-order valence-corrected chi connectivity index (χ4v) is 4.67. The van der Waals surface area contributed by atoms with Crippen molar-refractivity contribution in [2.75, 3.05) is 6.26 Å². The zero-order valence-electron chi connectivity index (χ0n) is 20.2. The van der Waals surface area contributed by atoms with Crippen LogP contribution < -0.4 is 0 Å². The highest BCUT2D eigenvalue weighted by Crippen LogP contribution is 2.37. The first-order valence-electron chi connectivity index (χ1n) is 10.7. The summed E-state index contributed by atoms with van der Waals surface area (Å²) in [7, 11) is -3.28. The number of benzene rings is 2. The van der Waals surface area contributed by atoms with Gasteiger partial charge in [0.15, 0.2) is 9.84 Å². The Kier molecular flexibility index (Phi) is 11.1. The topological polar surface area (TPSA) is 56.3 Å². The van der Waals surface area contributed by atoms with Gasteiger partial charge in [-0.05, 0) is 75.7 Å². The SMILES string of the molecule is C/C(Cl)=C\C(C)OCc1nc(-c2ccc(F)cc2)c(-c2ccc(S(C)(=O)=O)cc2)s1.C/C=C(\C)Cl. The molecule has 1 unspecified atom stereocenters. The maximum atomic E-state index is 13.4. The number of halogens is 3. The molecule has 0 amide bonds. The second-order valence-corrected chi connectivity index (χ2v) is 12.0. The zero-order valence-corrected chi connectivity index (χ0v) is 23.3. The molecule has 0 bridgehead atoms. The Bertz CT molecular complexity index is 1280. The second kappa shape index (κ2) is 13.3. The maximum absolute atomic E-state index is 13.4. The molecule has 0 radical (unpaired) electrons. The third kappa shape index (κ3) is 9.50. The van der Waals surface area contributed by atoms with Crippen LogP contribution >= 0.6 is 34.5 Å². The van der Waals surface area contributed by atoms with Gasteiger partial charge in [-0.25, -0.2) is 17.8 Å². The summed E-state index contributed by atoms with van der Waals surface area (Å²) in [5, 5.41) is 2.26. The molecule has 2 aromatic carbocycles. The van der Waals surface area contributed by atoms with Gasteiger partial charge in [-0.3, -0.25) is 0 Å². The van der Waals surface area contributed by atoms with Crippen LogP contribution in [0.25, 0.3) is 21.7 Å². The van der Waals surface area contributed by atoms with E-state index in [0.29, 0.717) is 17.3 Å². The minimum Gasteiger partial charge on any atom is -0.367 e. The van der Waals surface area contributed by atoms with Crippen molar-refractivity contribution in [2.24, 2.45) is 0 Å². The van der Waals surface area contributed by atoms with E-state index in [2.05, 4.69) is 0 Å². The van der Waals surface area contributed by atoms with E-state index in [1.807, 2.05) is 26.8 Å². The lowest BCUT2D eigenvalue weighted by atomic mass is 10.1. The normalized spacial score (nSPS) is 13.3. The lowest BCUT2D eigenvalue weighted by molar-refractivity contribution is 0.0837. The van der Waals surface area contributed by atoms with Crippen molar-refractivity contribution >= 4 is 44.4 Å². The van der Waals surface area contributed by atoms with Crippen LogP contribution in [0.3, 0.4) is 0 Å². The fourth-order valence-electron chi connectivity index (χ4n) is 2.85. The highest BCUT2D eigenvalue weighted by atomic mass is 35.5. The van der Waals surface area contributed by atoms with Gasteiger partial charge in [-0.15, -0.1) is 11.3 Å². The minimum absolute atomic E-state index is 0.168. The monoisotopic (exact) mass is 555 g/mol. The number of allylic oxidation sites excluding steroid dienone is 3. The summed E-state index contributed by atoms with van der Waals surface area (Å²) in [5.74, 6) is -0.325. The first-order valence-corrected chi connectivity index (χ1v) is 14.2. The first-order chi connectivity index (χ1) is 16.4. The molecule has 4 nitrogen and oxygen atoms in total. The number of rotatable bonds is 7. The summed E-state index contributed by atoms with van der Waals surface area (Å²) < 4.78 is 42.7. The molecule has 3 aromatic rings. The van der Waals surface area contributed by atoms with Gasteiger partial charge in [-0.1, -0.05) is 41.4 Å². The average molecular weight is 557 g/mol. The molecule has 3 rings (SSSR count). The molecular formula is C26H28Cl2FNO3S2. The van der Waals surface area contributed by atoms with Crippen LogP contribution in [0.2, 0.25) is 0 Å². The highest BCUT2D eigenvalue weighted by molar-refractivity contribution is 7.90. The summed E-state index contributed by atoms with van der Waals surface area (Å²) in [6.45, 7) is 7.73. The Balaban J connectivity index is 0.000000784. The van der Waals surface area contributed by atoms with E-state index in [4.69, 9.17) is 32.9 Å². The van der Waals surface area contributed by atoms with Crippen molar-refractivity contribution in [3.05, 3.63) is 81.6 Å². The number of aromatic nitrogens is 1. The van der Waals surface area contributed by atoms with Gasteiger partial charge in [0.1, 0.15) is 10.8 Å². The first kappa shape index (κ1) is 29.2. The molecule has 1 atom stereocenters. The Labute approximate surface area is 221 Å². The Hall–Kier alpha value is -2.03. The van der Waals surface area contributed by atoms with Crippen LogP contribution in [-0.2, 0) is 21.2 Å². The van der Waals surface area contributed by atoms with Crippen molar-refractivity contribution in [1.82, 2.24) is 4.98 Å². The van der Waals surface area contributed by atoms with Crippen LogP contribution in [-0.4, -0.2) is 25.8 Å². The van der Waals surface area contributed by atoms with Gasteiger partial charge < -0.3 is 4.74 Å². The molecule has 35 heavy (non-hydrogen) atoms. The number of hydrogen-bond donors (Lipinski definition) is 0. The Morgan fingerprint density at radius 2 is 1.60 bits per heavy atom. The van der Waals surface area contributed by atoms with E-state index in [1.54, 1.807) is 49.4 Å². The smallest absolute Gasteiger partial charge is 0.175 e. The molecule has 0 saturated carbocycles. The highest BCUT2D eigenvalue weighted by Gasteiger charge is 2.17. The lowest BCUT2D eigenvalue weighted by Crippen LogP contribution is -2.04. The average Bonchev–Trinajstić information content (AvgIpc) is 3.22. The molecule has 0 spiro atoms. The predicted octanol–water partition coefficient (Wildman–Crippen LogP) is 8.22. The molecule has 0 N–H and O–H groups in total. The van der Waals surface area contributed by atoms with Gasteiger partial charge in [0.05, 0.1) is 28.2 Å². The van der Waals surface area contributed by atoms with Gasteiger partial charge in [-0.2, -0.15) is 0 Å². The Morgan fingerprint density at radius 3 is 2.09 bits per heavy atom. The number of sulfone groups is 1. The molecule has 9 heteroatoms. The summed E-state index contributed by atoms with van der Waals surface area (Å²) in [5.41, 5.74) is 2.29. The quantitative estimate of drug-likeness (QED) is 0.294. The number of ether oxygens (including phenoxy) is 1. The van der Waals surface area contributed by atoms with Gasteiger partial charge in [0, 0.05) is 21.9 Å². The zero-order chi connectivity index (χ0) is 26.2. The standard InChI is InChI=1S/C22H21ClFNO3S2.C4H7Cl/c1-14(23)12-15(2)28-13-20-25-21(16-4-8-18(24)9-5-16)22(29-20)17-6-10-19(11-7-17)30(3,26)27;1-3-4(2)5/h4-12,15H,13H2,1-3H3;3H,1-2H3/b14-12+;4-3+. The van der Waals surface area contributed by atoms with Gasteiger partial charge in [0.2, 0.25) is 0 Å². The van der Waals surface area contributed by atoms with E-state index < -0.39 is 9.84 Å². The largest absolute Gasteiger partial charge is 0.367 e. The van der Waals surface area contributed by atoms with Crippen LogP contribution in [0.1, 0.15) is 32.7 Å². The molecule has 1 heterocycles. The van der Waals surface area contributed by atoms with Crippen LogP contribution in [0.4, 0.5) is 4.39 Å². The minimum atomic E-state index is -3.28. The molecule has 0 fully saturated rings. The van der Waals surface area contributed by atoms with Crippen molar-refractivity contribution in [2.45, 2.75) is 45.3 Å². The molecule has 188 valence electrons. The maximum Gasteiger partial charge on any atom is 0.175 e. The molecule has 0 aliphatic heterocycles. The van der Waals surface area contributed by atoms with Crippen LogP contribution in [0.15, 0.2) is 75.6 Å². The van der Waals surface area contributed by atoms with E-state index in [-0.39, 0.29) is 16.8 Å². The van der Waals surface area contributed by atoms with E-state index in [9.17, 15) is 12.8 Å². The van der Waals surface area contributed by atoms with Crippen molar-refractivity contribution < 1.29 is 17.5 Å². The third-order valence-corrected chi connectivity index (χ3v) is 7.22. The third-order valence-electron chi connectivity index (χ3n) is 4.67. The van der Waals surface area contributed by atoms with E-state index in [1.165, 1.54) is 29.7 Å². The fraction of sp³-hybridized carbons (Fsp3) is 0.269. The van der Waals surface area contributed by atoms with Gasteiger partial charge in [0.25, 0.3) is 0 Å². The summed E-state index contributed by atoms with van der Waals surface area (Å²) in [6, 6.07) is 12.8. The number of thiazole rings is 1. The van der Waals surface area contributed by atoms with Gasteiger partial charge >= 0.3 is 0 Å². The van der Waals surface area contributed by atoms with E-state index >= 15 is 0 Å². The molecule has 1 aromatic heterocycles. The second-order valence-electron chi connectivity index (χ2n) is 7.73. The van der Waals surface area contributed by atoms with E-state index in [0.717, 1.165) is 26.0 Å². The van der Waals surface area contributed by atoms with Crippen molar-refractivity contribution in [3.8, 4) is 21.7 Å². The summed E-state index contributed by atoms with van der Waals surface area (Å²) in [4.78, 5) is 5.82. The molecule has 0 saturated heterocycles. The van der Waals surface area contributed by atoms with Crippen molar-refractivity contribution in [3.63, 3.8) is 0 Å². The van der Waals surface area contributed by atoms with Crippen molar-refractivity contribution in [1.29, 1.82) is 0 Å². The molecule has 0 aliphatic carbocycles. The van der Waals surface area contributed by atoms with Crippen LogP contribution in [0, 0.1) is 5.82 Å². The number of hydrogen-bond acceptors (Lipinski definition) is 5. The summed E-state index contributed by atoms with van der Waals surface area (Å²) in [6.07, 6.45) is 4.66. The predicted molar refractivity (Wildman–Crippen MR) is 145 cm³/mol. The Morgan fingerprint density at radius 1 is 1.06 bits per heavy atom. The number of nitrogens with zero attached hydrogens (tertiary/aromatic N) is 1.